The zero-order valence-corrected chi connectivity index (χ0v) is 23.1. The minimum absolute atomic E-state index is 0.0462. The minimum Gasteiger partial charge on any atom is -0.456 e. The Balaban J connectivity index is 1.73. The molecule has 0 N–H and O–H groups in total. The molecule has 5 aromatic rings. The number of hydrogen-bond acceptors (Lipinski definition) is 2. The molecule has 0 saturated heterocycles. The molecular weight excluding hydrogens is 485 g/mol. The van der Waals surface area contributed by atoms with E-state index in [-0.39, 0.29) is 10.8 Å². The molecule has 0 bridgehead atoms. The molecule has 0 spiro atoms. The lowest BCUT2D eigenvalue weighted by Gasteiger charge is -2.28. The van der Waals surface area contributed by atoms with Crippen LogP contribution in [-0.4, -0.2) is 0 Å². The average Bonchev–Trinajstić information content (AvgIpc) is 3.18. The van der Waals surface area contributed by atoms with Crippen molar-refractivity contribution in [3.05, 3.63) is 100 Å². The molecule has 0 aliphatic heterocycles. The fourth-order valence-electron chi connectivity index (χ4n) is 4.57. The van der Waals surface area contributed by atoms with Gasteiger partial charge < -0.3 is 9.32 Å². The molecule has 5 rings (SSSR count). The van der Waals surface area contributed by atoms with E-state index >= 15 is 0 Å². The second-order valence-corrected chi connectivity index (χ2v) is 12.2. The fraction of sp³-hybridized carbons (Fsp3) is 0.250. The summed E-state index contributed by atoms with van der Waals surface area (Å²) >= 11 is 13.2. The molecule has 0 unspecified atom stereocenters. The standard InChI is InChI=1S/C32H31Cl2NO/c1-31(2,3)20-10-13-22(14-11-20)35(27-9-7-8-26(33)30(27)34)23-15-17-29-25(19-23)24-18-21(32(4,5)6)12-16-28(24)36-29/h7-19H,1-6H3. The smallest absolute Gasteiger partial charge is 0.135 e. The van der Waals surface area contributed by atoms with Gasteiger partial charge >= 0.3 is 0 Å². The number of rotatable bonds is 3. The topological polar surface area (TPSA) is 16.4 Å². The van der Waals surface area contributed by atoms with Crippen molar-refractivity contribution in [2.75, 3.05) is 4.90 Å². The molecule has 4 heteroatoms. The van der Waals surface area contributed by atoms with Crippen molar-refractivity contribution in [2.45, 2.75) is 52.4 Å². The molecule has 0 saturated carbocycles. The maximum Gasteiger partial charge on any atom is 0.135 e. The Morgan fingerprint density at radius 1 is 0.611 bits per heavy atom. The Bertz CT molecular complexity index is 1570. The summed E-state index contributed by atoms with van der Waals surface area (Å²) in [6.45, 7) is 13.3. The summed E-state index contributed by atoms with van der Waals surface area (Å²) in [5, 5.41) is 3.23. The van der Waals surface area contributed by atoms with Crippen molar-refractivity contribution in [2.24, 2.45) is 0 Å². The van der Waals surface area contributed by atoms with Crippen LogP contribution in [-0.2, 0) is 10.8 Å². The van der Waals surface area contributed by atoms with Crippen LogP contribution in [0.2, 0.25) is 10.0 Å². The third-order valence-corrected chi connectivity index (χ3v) is 7.55. The van der Waals surface area contributed by atoms with E-state index in [1.54, 1.807) is 0 Å². The van der Waals surface area contributed by atoms with Crippen molar-refractivity contribution >= 4 is 62.2 Å². The normalized spacial score (nSPS) is 12.4. The minimum atomic E-state index is 0.0462. The lowest BCUT2D eigenvalue weighted by atomic mass is 9.86. The molecule has 4 aromatic carbocycles. The van der Waals surface area contributed by atoms with E-state index in [0.717, 1.165) is 39.0 Å². The van der Waals surface area contributed by atoms with Crippen molar-refractivity contribution in [3.8, 4) is 0 Å². The first-order chi connectivity index (χ1) is 16.9. The average molecular weight is 517 g/mol. The van der Waals surface area contributed by atoms with Crippen LogP contribution in [0.1, 0.15) is 52.7 Å². The number of furan rings is 1. The maximum absolute atomic E-state index is 6.76. The lowest BCUT2D eigenvalue weighted by molar-refractivity contribution is 0.590. The van der Waals surface area contributed by atoms with Gasteiger partial charge in [-0.2, -0.15) is 0 Å². The Labute approximate surface area is 223 Å². The molecular formula is C32H31Cl2NO. The third-order valence-electron chi connectivity index (χ3n) is 6.74. The summed E-state index contributed by atoms with van der Waals surface area (Å²) in [4.78, 5) is 2.16. The number of nitrogens with zero attached hydrogens (tertiary/aromatic N) is 1. The van der Waals surface area contributed by atoms with E-state index < -0.39 is 0 Å². The van der Waals surface area contributed by atoms with E-state index in [4.69, 9.17) is 27.6 Å². The number of halogens is 2. The summed E-state index contributed by atoms with van der Waals surface area (Å²) in [7, 11) is 0. The first-order valence-corrected chi connectivity index (χ1v) is 13.0. The zero-order valence-electron chi connectivity index (χ0n) is 21.6. The van der Waals surface area contributed by atoms with Gasteiger partial charge in [0.25, 0.3) is 0 Å². The van der Waals surface area contributed by atoms with Crippen LogP contribution in [0.3, 0.4) is 0 Å². The number of anilines is 3. The number of fused-ring (bicyclic) bond motifs is 3. The van der Waals surface area contributed by atoms with Gasteiger partial charge in [0.2, 0.25) is 0 Å². The Morgan fingerprint density at radius 2 is 1.17 bits per heavy atom. The van der Waals surface area contributed by atoms with E-state index in [1.165, 1.54) is 11.1 Å². The van der Waals surface area contributed by atoms with Crippen LogP contribution < -0.4 is 4.90 Å². The van der Waals surface area contributed by atoms with Crippen LogP contribution in [0.4, 0.5) is 17.1 Å². The lowest BCUT2D eigenvalue weighted by Crippen LogP contribution is -2.13. The maximum atomic E-state index is 6.76. The molecule has 2 nitrogen and oxygen atoms in total. The highest BCUT2D eigenvalue weighted by Gasteiger charge is 2.21. The molecule has 0 radical (unpaired) electrons. The van der Waals surface area contributed by atoms with Crippen LogP contribution in [0.25, 0.3) is 21.9 Å². The number of hydrogen-bond donors (Lipinski definition) is 0. The highest BCUT2D eigenvalue weighted by atomic mass is 35.5. The SMILES string of the molecule is CC(C)(C)c1ccc(N(c2ccc3oc4ccc(C(C)(C)C)cc4c3c2)c2cccc(Cl)c2Cl)cc1. The predicted octanol–water partition coefficient (Wildman–Crippen LogP) is 11.0. The molecule has 0 aliphatic carbocycles. The van der Waals surface area contributed by atoms with E-state index in [1.807, 2.05) is 24.3 Å². The molecule has 1 aromatic heterocycles. The third kappa shape index (κ3) is 4.49. The van der Waals surface area contributed by atoms with Gasteiger partial charge in [-0.15, -0.1) is 0 Å². The molecule has 0 fully saturated rings. The van der Waals surface area contributed by atoms with Gasteiger partial charge in [-0.05, 0) is 76.6 Å². The van der Waals surface area contributed by atoms with Crippen LogP contribution >= 0.6 is 23.2 Å². The van der Waals surface area contributed by atoms with Gasteiger partial charge in [0, 0.05) is 22.1 Å². The van der Waals surface area contributed by atoms with Gasteiger partial charge in [0.1, 0.15) is 11.2 Å². The molecule has 1 heterocycles. The van der Waals surface area contributed by atoms with E-state index in [0.29, 0.717) is 10.0 Å². The highest BCUT2D eigenvalue weighted by molar-refractivity contribution is 6.44. The first kappa shape index (κ1) is 24.7. The van der Waals surface area contributed by atoms with Gasteiger partial charge in [-0.25, -0.2) is 0 Å². The summed E-state index contributed by atoms with van der Waals surface area (Å²) in [5.41, 5.74) is 7.23. The van der Waals surface area contributed by atoms with E-state index in [9.17, 15) is 0 Å². The van der Waals surface area contributed by atoms with Gasteiger partial charge in [0.15, 0.2) is 0 Å². The molecule has 0 amide bonds. The van der Waals surface area contributed by atoms with Crippen LogP contribution in [0, 0.1) is 0 Å². The van der Waals surface area contributed by atoms with Crippen molar-refractivity contribution < 1.29 is 4.42 Å². The Morgan fingerprint density at radius 3 is 1.81 bits per heavy atom. The summed E-state index contributed by atoms with van der Waals surface area (Å²) < 4.78 is 6.20. The second kappa shape index (κ2) is 8.87. The summed E-state index contributed by atoms with van der Waals surface area (Å²) in [5.74, 6) is 0. The first-order valence-electron chi connectivity index (χ1n) is 12.2. The van der Waals surface area contributed by atoms with Gasteiger partial charge in [-0.1, -0.05) is 89.0 Å². The van der Waals surface area contributed by atoms with Crippen LogP contribution in [0.5, 0.6) is 0 Å². The quantitative estimate of drug-likeness (QED) is 0.237. The Hall–Kier alpha value is -2.94. The molecule has 0 atom stereocenters. The largest absolute Gasteiger partial charge is 0.456 e. The highest BCUT2D eigenvalue weighted by Crippen LogP contribution is 2.44. The zero-order chi connectivity index (χ0) is 25.8. The molecule has 0 aliphatic rings. The van der Waals surface area contributed by atoms with Crippen molar-refractivity contribution in [3.63, 3.8) is 0 Å². The molecule has 36 heavy (non-hydrogen) atoms. The van der Waals surface area contributed by atoms with Gasteiger partial charge in [-0.3, -0.25) is 0 Å². The van der Waals surface area contributed by atoms with Crippen molar-refractivity contribution in [1.82, 2.24) is 0 Å². The monoisotopic (exact) mass is 515 g/mol. The second-order valence-electron chi connectivity index (χ2n) is 11.4. The summed E-state index contributed by atoms with van der Waals surface area (Å²) in [6, 6.07) is 27.2. The Kier molecular flexibility index (Phi) is 6.09. The molecule has 184 valence electrons. The predicted molar refractivity (Wildman–Crippen MR) is 156 cm³/mol. The summed E-state index contributed by atoms with van der Waals surface area (Å²) in [6.07, 6.45) is 0. The van der Waals surface area contributed by atoms with Gasteiger partial charge in [0.05, 0.1) is 15.7 Å². The van der Waals surface area contributed by atoms with Crippen molar-refractivity contribution in [1.29, 1.82) is 0 Å². The number of benzene rings is 4. The van der Waals surface area contributed by atoms with Crippen LogP contribution in [0.15, 0.2) is 83.3 Å². The fourth-order valence-corrected chi connectivity index (χ4v) is 4.95. The van der Waals surface area contributed by atoms with E-state index in [2.05, 4.69) is 101 Å².